The molecule has 0 spiro atoms. The van der Waals surface area contributed by atoms with Crippen molar-refractivity contribution in [1.29, 1.82) is 0 Å². The number of hydrogen-bond acceptors (Lipinski definition) is 3. The molecule has 0 unspecified atom stereocenters. The van der Waals surface area contributed by atoms with Crippen LogP contribution in [-0.4, -0.2) is 18.4 Å². The number of thiophene rings is 1. The van der Waals surface area contributed by atoms with Gasteiger partial charge in [0.15, 0.2) is 0 Å². The number of rotatable bonds is 5. The van der Waals surface area contributed by atoms with Crippen LogP contribution in [0.3, 0.4) is 0 Å². The fourth-order valence-electron chi connectivity index (χ4n) is 0.959. The zero-order chi connectivity index (χ0) is 10.4. The van der Waals surface area contributed by atoms with Crippen LogP contribution in [0, 0.1) is 0 Å². The summed E-state index contributed by atoms with van der Waals surface area (Å²) in [6, 6.07) is 3.58. The van der Waals surface area contributed by atoms with Crippen molar-refractivity contribution in [3.8, 4) is 0 Å². The lowest BCUT2D eigenvalue weighted by atomic mass is 10.3. The van der Waals surface area contributed by atoms with Gasteiger partial charge in [-0.25, -0.2) is 0 Å². The summed E-state index contributed by atoms with van der Waals surface area (Å²) < 4.78 is 0. The molecule has 14 heavy (non-hydrogen) atoms. The lowest BCUT2D eigenvalue weighted by molar-refractivity contribution is -0.118. The van der Waals surface area contributed by atoms with E-state index in [2.05, 4.69) is 5.32 Å². The Kier molecular flexibility index (Phi) is 4.12. The summed E-state index contributed by atoms with van der Waals surface area (Å²) in [5.74, 6) is -0.431. The number of carbonyl (C=O) groups is 2. The summed E-state index contributed by atoms with van der Waals surface area (Å²) in [4.78, 5) is 22.4. The standard InChI is InChI=1S/C9H12N2O2S/c10-8(12)4-1-5-11-9(13)7-3-2-6-14-7/h2-3,6H,1,4-5H2,(H2,10,12)(H,11,13). The number of carbonyl (C=O) groups excluding carboxylic acids is 2. The van der Waals surface area contributed by atoms with Crippen LogP contribution in [0.25, 0.3) is 0 Å². The molecule has 0 saturated heterocycles. The Bertz CT molecular complexity index is 309. The van der Waals surface area contributed by atoms with E-state index in [0.717, 1.165) is 0 Å². The maximum atomic E-state index is 11.3. The Morgan fingerprint density at radius 1 is 1.50 bits per heavy atom. The maximum absolute atomic E-state index is 11.3. The third-order valence-corrected chi connectivity index (χ3v) is 2.50. The first-order valence-electron chi connectivity index (χ1n) is 4.30. The van der Waals surface area contributed by atoms with E-state index in [1.54, 1.807) is 6.07 Å². The van der Waals surface area contributed by atoms with Gasteiger partial charge in [-0.2, -0.15) is 0 Å². The molecular formula is C9H12N2O2S. The zero-order valence-corrected chi connectivity index (χ0v) is 8.47. The molecule has 1 aromatic heterocycles. The lowest BCUT2D eigenvalue weighted by Gasteiger charge is -2.01. The highest BCUT2D eigenvalue weighted by molar-refractivity contribution is 7.12. The van der Waals surface area contributed by atoms with Crippen LogP contribution in [0.4, 0.5) is 0 Å². The van der Waals surface area contributed by atoms with Gasteiger partial charge in [-0.05, 0) is 17.9 Å². The lowest BCUT2D eigenvalue weighted by Crippen LogP contribution is -2.24. The minimum absolute atomic E-state index is 0.0931. The molecule has 1 aromatic rings. The second-order valence-corrected chi connectivity index (χ2v) is 3.75. The Morgan fingerprint density at radius 3 is 2.86 bits per heavy atom. The van der Waals surface area contributed by atoms with Crippen LogP contribution in [0.5, 0.6) is 0 Å². The Morgan fingerprint density at radius 2 is 2.29 bits per heavy atom. The van der Waals surface area contributed by atoms with Crippen molar-refractivity contribution in [1.82, 2.24) is 5.32 Å². The van der Waals surface area contributed by atoms with E-state index in [4.69, 9.17) is 5.73 Å². The molecule has 1 heterocycles. The number of nitrogens with one attached hydrogen (secondary N) is 1. The van der Waals surface area contributed by atoms with E-state index in [0.29, 0.717) is 24.3 Å². The SMILES string of the molecule is NC(=O)CCCNC(=O)c1cccs1. The zero-order valence-electron chi connectivity index (χ0n) is 7.66. The van der Waals surface area contributed by atoms with Crippen LogP contribution < -0.4 is 11.1 Å². The molecule has 4 nitrogen and oxygen atoms in total. The molecule has 0 atom stereocenters. The van der Waals surface area contributed by atoms with E-state index in [-0.39, 0.29) is 11.8 Å². The maximum Gasteiger partial charge on any atom is 0.261 e. The molecule has 3 N–H and O–H groups in total. The molecule has 0 bridgehead atoms. The van der Waals surface area contributed by atoms with E-state index in [1.807, 2.05) is 11.4 Å². The summed E-state index contributed by atoms with van der Waals surface area (Å²) in [5.41, 5.74) is 4.95. The Labute approximate surface area is 86.1 Å². The van der Waals surface area contributed by atoms with Gasteiger partial charge in [0.2, 0.25) is 5.91 Å². The van der Waals surface area contributed by atoms with Crippen molar-refractivity contribution < 1.29 is 9.59 Å². The van der Waals surface area contributed by atoms with Crippen LogP contribution in [0.2, 0.25) is 0 Å². The van der Waals surface area contributed by atoms with Crippen molar-refractivity contribution in [2.24, 2.45) is 5.73 Å². The fourth-order valence-corrected chi connectivity index (χ4v) is 1.60. The fraction of sp³-hybridized carbons (Fsp3) is 0.333. The van der Waals surface area contributed by atoms with Gasteiger partial charge >= 0.3 is 0 Å². The molecule has 0 aromatic carbocycles. The Balaban J connectivity index is 2.19. The van der Waals surface area contributed by atoms with Crippen molar-refractivity contribution in [3.63, 3.8) is 0 Å². The van der Waals surface area contributed by atoms with Crippen LogP contribution in [0.1, 0.15) is 22.5 Å². The summed E-state index contributed by atoms with van der Waals surface area (Å²) in [5, 5.41) is 4.55. The summed E-state index contributed by atoms with van der Waals surface area (Å²) in [6.07, 6.45) is 0.900. The second kappa shape index (κ2) is 5.39. The number of amides is 2. The predicted octanol–water partition coefficient (Wildman–Crippen LogP) is 0.743. The Hall–Kier alpha value is -1.36. The van der Waals surface area contributed by atoms with Crippen LogP contribution in [0.15, 0.2) is 17.5 Å². The molecule has 2 amide bonds. The normalized spacial score (nSPS) is 9.71. The van der Waals surface area contributed by atoms with Gasteiger partial charge in [0.25, 0.3) is 5.91 Å². The predicted molar refractivity (Wildman–Crippen MR) is 55.1 cm³/mol. The number of nitrogens with two attached hydrogens (primary N) is 1. The summed E-state index contributed by atoms with van der Waals surface area (Å²) in [6.45, 7) is 0.486. The minimum Gasteiger partial charge on any atom is -0.370 e. The molecular weight excluding hydrogens is 200 g/mol. The molecule has 76 valence electrons. The highest BCUT2D eigenvalue weighted by Crippen LogP contribution is 2.07. The van der Waals surface area contributed by atoms with Crippen LogP contribution in [-0.2, 0) is 4.79 Å². The van der Waals surface area contributed by atoms with Crippen LogP contribution >= 0.6 is 11.3 Å². The van der Waals surface area contributed by atoms with Gasteiger partial charge in [0.1, 0.15) is 0 Å². The van der Waals surface area contributed by atoms with Crippen molar-refractivity contribution in [2.45, 2.75) is 12.8 Å². The molecule has 0 saturated carbocycles. The summed E-state index contributed by atoms with van der Waals surface area (Å²) >= 11 is 1.39. The van der Waals surface area contributed by atoms with E-state index in [1.165, 1.54) is 11.3 Å². The van der Waals surface area contributed by atoms with Crippen molar-refractivity contribution >= 4 is 23.2 Å². The molecule has 1 rings (SSSR count). The van der Waals surface area contributed by atoms with E-state index >= 15 is 0 Å². The van der Waals surface area contributed by atoms with Crippen molar-refractivity contribution in [3.05, 3.63) is 22.4 Å². The van der Waals surface area contributed by atoms with E-state index < -0.39 is 0 Å². The third kappa shape index (κ3) is 3.57. The minimum atomic E-state index is -0.338. The topological polar surface area (TPSA) is 72.2 Å². The van der Waals surface area contributed by atoms with Gasteiger partial charge in [0.05, 0.1) is 4.88 Å². The van der Waals surface area contributed by atoms with Gasteiger partial charge in [-0.1, -0.05) is 6.07 Å². The molecule has 0 fully saturated rings. The third-order valence-electron chi connectivity index (χ3n) is 1.63. The van der Waals surface area contributed by atoms with E-state index in [9.17, 15) is 9.59 Å². The molecule has 0 aliphatic rings. The smallest absolute Gasteiger partial charge is 0.261 e. The quantitative estimate of drug-likeness (QED) is 0.707. The molecule has 5 heteroatoms. The monoisotopic (exact) mass is 212 g/mol. The second-order valence-electron chi connectivity index (χ2n) is 2.80. The average Bonchev–Trinajstić information content (AvgIpc) is 2.64. The van der Waals surface area contributed by atoms with Crippen molar-refractivity contribution in [2.75, 3.05) is 6.54 Å². The van der Waals surface area contributed by atoms with Gasteiger partial charge in [-0.15, -0.1) is 11.3 Å². The van der Waals surface area contributed by atoms with Gasteiger partial charge in [-0.3, -0.25) is 9.59 Å². The highest BCUT2D eigenvalue weighted by Gasteiger charge is 2.04. The molecule has 0 radical (unpaired) electrons. The number of primary amides is 1. The molecule has 0 aliphatic heterocycles. The average molecular weight is 212 g/mol. The highest BCUT2D eigenvalue weighted by atomic mass is 32.1. The first-order valence-corrected chi connectivity index (χ1v) is 5.18. The van der Waals surface area contributed by atoms with Gasteiger partial charge < -0.3 is 11.1 Å². The largest absolute Gasteiger partial charge is 0.370 e. The number of hydrogen-bond donors (Lipinski definition) is 2. The first kappa shape index (κ1) is 10.7. The first-order chi connectivity index (χ1) is 6.70. The van der Waals surface area contributed by atoms with Gasteiger partial charge in [0, 0.05) is 13.0 Å². The summed E-state index contributed by atoms with van der Waals surface area (Å²) in [7, 11) is 0. The molecule has 0 aliphatic carbocycles.